The maximum atomic E-state index is 12.9. The summed E-state index contributed by atoms with van der Waals surface area (Å²) in [7, 11) is 0. The number of allylic oxidation sites excluding steroid dienone is 2. The third-order valence-electron chi connectivity index (χ3n) is 6.07. The molecule has 0 amide bonds. The summed E-state index contributed by atoms with van der Waals surface area (Å²) in [6, 6.07) is 0. The number of carbonyl (C=O) groups excluding carboxylic acids is 3. The molecule has 2 aliphatic heterocycles. The summed E-state index contributed by atoms with van der Waals surface area (Å²) in [4.78, 5) is 37.1. The van der Waals surface area contributed by atoms with Crippen molar-refractivity contribution in [3.05, 3.63) is 35.5 Å². The zero-order valence-electron chi connectivity index (χ0n) is 17.9. The van der Waals surface area contributed by atoms with Crippen LogP contribution in [0.15, 0.2) is 35.5 Å². The minimum atomic E-state index is -2.13. The van der Waals surface area contributed by atoms with Crippen molar-refractivity contribution in [1.82, 2.24) is 0 Å². The van der Waals surface area contributed by atoms with E-state index < -0.39 is 47.4 Å². The molecular weight excluding hydrogens is 392 g/mol. The van der Waals surface area contributed by atoms with E-state index in [1.165, 1.54) is 6.92 Å². The topological polar surface area (TPSA) is 112 Å². The Morgan fingerprint density at radius 1 is 1.30 bits per heavy atom. The molecule has 0 unspecified atom stereocenters. The van der Waals surface area contributed by atoms with Gasteiger partial charge >= 0.3 is 17.9 Å². The van der Waals surface area contributed by atoms with Gasteiger partial charge < -0.3 is 24.1 Å². The molecule has 6 atom stereocenters. The van der Waals surface area contributed by atoms with Gasteiger partial charge in [0.15, 0.2) is 29.5 Å². The molecule has 0 aromatic rings. The van der Waals surface area contributed by atoms with E-state index in [4.69, 9.17) is 18.9 Å². The van der Waals surface area contributed by atoms with Crippen molar-refractivity contribution in [2.24, 2.45) is 0 Å². The van der Waals surface area contributed by atoms with E-state index in [0.29, 0.717) is 18.4 Å². The molecule has 2 heterocycles. The van der Waals surface area contributed by atoms with Gasteiger partial charge in [-0.1, -0.05) is 18.2 Å². The van der Waals surface area contributed by atoms with Gasteiger partial charge in [-0.25, -0.2) is 9.59 Å². The minimum Gasteiger partial charge on any atom is -0.454 e. The minimum absolute atomic E-state index is 0.269. The van der Waals surface area contributed by atoms with Gasteiger partial charge in [0, 0.05) is 6.92 Å². The predicted molar refractivity (Wildman–Crippen MR) is 105 cm³/mol. The summed E-state index contributed by atoms with van der Waals surface area (Å²) in [6.45, 7) is 11.8. The number of fused-ring (bicyclic) bond motifs is 1. The van der Waals surface area contributed by atoms with Crippen LogP contribution in [0.1, 0.15) is 47.5 Å². The van der Waals surface area contributed by atoms with Crippen molar-refractivity contribution < 1.29 is 38.4 Å². The molecule has 164 valence electrons. The number of ether oxygens (including phenoxy) is 4. The highest BCUT2D eigenvalue weighted by molar-refractivity contribution is 5.94. The predicted octanol–water partition coefficient (Wildman–Crippen LogP) is 1.91. The molecule has 1 N–H and O–H groups in total. The molecule has 0 bridgehead atoms. The standard InChI is InChI=1S/C22H28O8/c1-11-8-7-9-12(2)17(27-15(5)23)18(29-20(25)21(6)14(4)30-21)22(26)13(3)19(24)28-16(22)10-11/h9-10,14,16-18,26H,3,7-8H2,1-2,4-6H3/b11-10+,12-9-/t14-,16+,17+,18+,21-,22-/m1/s1. The monoisotopic (exact) mass is 420 g/mol. The molecular formula is C22H28O8. The SMILES string of the molecule is C=C1C(=O)O[C@H]2/C=C(\C)CC/C=C(/C)[C@H](OC(C)=O)[C@H](OC(=O)[C@]3(C)O[C@@H]3C)[C@@]12O. The summed E-state index contributed by atoms with van der Waals surface area (Å²) >= 11 is 0. The summed E-state index contributed by atoms with van der Waals surface area (Å²) < 4.78 is 21.9. The fraction of sp³-hybridized carbons (Fsp3) is 0.591. The molecule has 0 saturated carbocycles. The molecule has 3 aliphatic rings. The van der Waals surface area contributed by atoms with Crippen molar-refractivity contribution in [2.45, 2.75) is 83.1 Å². The molecule has 2 saturated heterocycles. The molecule has 3 rings (SSSR count). The number of carbonyl (C=O) groups is 3. The van der Waals surface area contributed by atoms with Crippen LogP contribution in [0.2, 0.25) is 0 Å². The molecule has 8 heteroatoms. The summed E-state index contributed by atoms with van der Waals surface area (Å²) in [5.41, 5.74) is -2.13. The maximum absolute atomic E-state index is 12.9. The average Bonchev–Trinajstić information content (AvgIpc) is 3.22. The van der Waals surface area contributed by atoms with Gasteiger partial charge in [-0.15, -0.1) is 0 Å². The highest BCUT2D eigenvalue weighted by atomic mass is 16.7. The van der Waals surface area contributed by atoms with Gasteiger partial charge in [0.25, 0.3) is 0 Å². The number of epoxide rings is 1. The lowest BCUT2D eigenvalue weighted by Gasteiger charge is -2.39. The quantitative estimate of drug-likeness (QED) is 0.242. The Balaban J connectivity index is 2.13. The van der Waals surface area contributed by atoms with Crippen molar-refractivity contribution in [3.63, 3.8) is 0 Å². The van der Waals surface area contributed by atoms with Crippen molar-refractivity contribution in [3.8, 4) is 0 Å². The van der Waals surface area contributed by atoms with Gasteiger partial charge in [-0.2, -0.15) is 0 Å². The van der Waals surface area contributed by atoms with E-state index in [1.54, 1.807) is 26.8 Å². The Hall–Kier alpha value is -2.45. The molecule has 0 spiro atoms. The van der Waals surface area contributed by atoms with Crippen molar-refractivity contribution in [1.29, 1.82) is 0 Å². The van der Waals surface area contributed by atoms with E-state index in [1.807, 2.05) is 13.0 Å². The number of hydrogen-bond donors (Lipinski definition) is 1. The molecule has 8 nitrogen and oxygen atoms in total. The smallest absolute Gasteiger partial charge is 0.341 e. The largest absolute Gasteiger partial charge is 0.454 e. The Morgan fingerprint density at radius 2 is 1.93 bits per heavy atom. The summed E-state index contributed by atoms with van der Waals surface area (Å²) in [5, 5.41) is 11.7. The first-order valence-electron chi connectivity index (χ1n) is 9.94. The second-order valence-corrected chi connectivity index (χ2v) is 8.35. The number of esters is 3. The van der Waals surface area contributed by atoms with E-state index in [-0.39, 0.29) is 11.7 Å². The highest BCUT2D eigenvalue weighted by Crippen LogP contribution is 2.43. The highest BCUT2D eigenvalue weighted by Gasteiger charge is 2.64. The second-order valence-electron chi connectivity index (χ2n) is 8.35. The first kappa shape index (κ1) is 22.2. The van der Waals surface area contributed by atoms with E-state index in [2.05, 4.69) is 6.58 Å². The summed E-state index contributed by atoms with van der Waals surface area (Å²) in [6.07, 6.45) is 0.621. The van der Waals surface area contributed by atoms with Gasteiger partial charge in [0.1, 0.15) is 0 Å². The Bertz CT molecular complexity index is 855. The Kier molecular flexibility index (Phi) is 5.68. The van der Waals surface area contributed by atoms with Crippen LogP contribution in [0.4, 0.5) is 0 Å². The Morgan fingerprint density at radius 3 is 2.50 bits per heavy atom. The molecule has 0 aromatic carbocycles. The van der Waals surface area contributed by atoms with E-state index in [0.717, 1.165) is 5.57 Å². The zero-order chi connectivity index (χ0) is 22.4. The number of aliphatic hydroxyl groups is 1. The molecule has 1 aliphatic carbocycles. The molecule has 0 radical (unpaired) electrons. The number of rotatable bonds is 3. The fourth-order valence-electron chi connectivity index (χ4n) is 3.83. The lowest BCUT2D eigenvalue weighted by molar-refractivity contribution is -0.190. The zero-order valence-corrected chi connectivity index (χ0v) is 17.9. The van der Waals surface area contributed by atoms with E-state index >= 15 is 0 Å². The normalized spacial score (nSPS) is 42.1. The number of hydrogen-bond acceptors (Lipinski definition) is 8. The van der Waals surface area contributed by atoms with Crippen molar-refractivity contribution in [2.75, 3.05) is 0 Å². The molecule has 30 heavy (non-hydrogen) atoms. The average molecular weight is 420 g/mol. The van der Waals surface area contributed by atoms with Gasteiger partial charge in [0.05, 0.1) is 11.7 Å². The van der Waals surface area contributed by atoms with Crippen molar-refractivity contribution >= 4 is 17.9 Å². The molecule has 2 fully saturated rings. The van der Waals surface area contributed by atoms with Crippen LogP contribution in [0.5, 0.6) is 0 Å². The lowest BCUT2D eigenvalue weighted by Crippen LogP contribution is -2.58. The van der Waals surface area contributed by atoms with Gasteiger partial charge in [0.2, 0.25) is 0 Å². The van der Waals surface area contributed by atoms with Gasteiger partial charge in [-0.3, -0.25) is 4.79 Å². The van der Waals surface area contributed by atoms with Crippen LogP contribution in [0, 0.1) is 0 Å². The first-order chi connectivity index (χ1) is 13.9. The van der Waals surface area contributed by atoms with E-state index in [9.17, 15) is 19.5 Å². The van der Waals surface area contributed by atoms with Gasteiger partial charge in [-0.05, 0) is 52.2 Å². The second kappa shape index (κ2) is 7.67. The third kappa shape index (κ3) is 3.70. The van der Waals surface area contributed by atoms with Crippen LogP contribution >= 0.6 is 0 Å². The Labute approximate surface area is 175 Å². The third-order valence-corrected chi connectivity index (χ3v) is 6.07. The fourth-order valence-corrected chi connectivity index (χ4v) is 3.83. The maximum Gasteiger partial charge on any atom is 0.341 e. The van der Waals surface area contributed by atoms with Crippen LogP contribution in [-0.2, 0) is 33.3 Å². The van der Waals surface area contributed by atoms with Crippen LogP contribution in [0.3, 0.4) is 0 Å². The van der Waals surface area contributed by atoms with Crippen LogP contribution in [-0.4, -0.2) is 58.6 Å². The van der Waals surface area contributed by atoms with Crippen LogP contribution < -0.4 is 0 Å². The van der Waals surface area contributed by atoms with Crippen LogP contribution in [0.25, 0.3) is 0 Å². The molecule has 0 aromatic heterocycles. The summed E-state index contributed by atoms with van der Waals surface area (Å²) in [5.74, 6) is -2.17. The lowest BCUT2D eigenvalue weighted by atomic mass is 9.79. The first-order valence-corrected chi connectivity index (χ1v) is 9.94.